The van der Waals surface area contributed by atoms with E-state index >= 15 is 0 Å². The van der Waals surface area contributed by atoms with E-state index in [9.17, 15) is 4.79 Å². The molecular weight excluding hydrogens is 204 g/mol. The fraction of sp³-hybridized carbons (Fsp3) is 0.417. The number of rotatable bonds is 5. The molecule has 0 fully saturated rings. The molecule has 1 radical (unpaired) electrons. The minimum Gasteiger partial charge on any atom is -0.466 e. The summed E-state index contributed by atoms with van der Waals surface area (Å²) in [6.45, 7) is 4.31. The fourth-order valence-corrected chi connectivity index (χ4v) is 3.15. The van der Waals surface area contributed by atoms with Crippen molar-refractivity contribution in [2.75, 3.05) is 6.61 Å². The van der Waals surface area contributed by atoms with Crippen LogP contribution in [0.2, 0.25) is 12.6 Å². The molecule has 0 saturated heterocycles. The van der Waals surface area contributed by atoms with Crippen molar-refractivity contribution in [3.8, 4) is 0 Å². The van der Waals surface area contributed by atoms with Crippen LogP contribution in [0.25, 0.3) is 0 Å². The zero-order chi connectivity index (χ0) is 11.1. The average molecular weight is 221 g/mol. The Morgan fingerprint density at radius 3 is 2.60 bits per heavy atom. The van der Waals surface area contributed by atoms with Gasteiger partial charge in [0.2, 0.25) is 0 Å². The van der Waals surface area contributed by atoms with Crippen LogP contribution in [0.4, 0.5) is 0 Å². The molecule has 0 amide bonds. The molecule has 0 atom stereocenters. The van der Waals surface area contributed by atoms with Crippen LogP contribution < -0.4 is 5.19 Å². The van der Waals surface area contributed by atoms with E-state index in [0.29, 0.717) is 6.61 Å². The maximum atomic E-state index is 10.5. The lowest BCUT2D eigenvalue weighted by Gasteiger charge is -2.09. The highest BCUT2D eigenvalue weighted by Crippen LogP contribution is 1.99. The van der Waals surface area contributed by atoms with E-state index < -0.39 is 8.80 Å². The number of esters is 1. The predicted octanol–water partition coefficient (Wildman–Crippen LogP) is 1.97. The molecule has 81 valence electrons. The number of benzene rings is 1. The quantitative estimate of drug-likeness (QED) is 0.432. The lowest BCUT2D eigenvalue weighted by molar-refractivity contribution is -0.140. The Morgan fingerprint density at radius 2 is 2.00 bits per heavy atom. The molecule has 1 aromatic carbocycles. The molecule has 2 nitrogen and oxygen atoms in total. The zero-order valence-corrected chi connectivity index (χ0v) is 10.3. The van der Waals surface area contributed by atoms with Gasteiger partial charge in [-0.1, -0.05) is 48.1 Å². The third kappa shape index (κ3) is 4.79. The number of hydrogen-bond acceptors (Lipinski definition) is 2. The highest BCUT2D eigenvalue weighted by atomic mass is 28.3. The van der Waals surface area contributed by atoms with Crippen molar-refractivity contribution < 1.29 is 9.53 Å². The molecule has 0 bridgehead atoms. The van der Waals surface area contributed by atoms with Gasteiger partial charge >= 0.3 is 5.97 Å². The molecule has 3 heteroatoms. The van der Waals surface area contributed by atoms with Crippen molar-refractivity contribution in [3.63, 3.8) is 0 Å². The fourth-order valence-electron chi connectivity index (χ4n) is 1.42. The van der Waals surface area contributed by atoms with E-state index in [1.54, 1.807) is 0 Å². The average Bonchev–Trinajstić information content (AvgIpc) is 2.25. The molecule has 0 unspecified atom stereocenters. The van der Waals surface area contributed by atoms with Crippen LogP contribution in [-0.2, 0) is 9.53 Å². The zero-order valence-electron chi connectivity index (χ0n) is 9.32. The number of ether oxygens (including phenoxy) is 1. The normalized spacial score (nSPS) is 10.3. The summed E-state index contributed by atoms with van der Waals surface area (Å²) in [5, 5.41) is 1.45. The van der Waals surface area contributed by atoms with Crippen molar-refractivity contribution in [2.45, 2.75) is 25.9 Å². The van der Waals surface area contributed by atoms with Crippen LogP contribution in [0.5, 0.6) is 0 Å². The highest BCUT2D eigenvalue weighted by molar-refractivity contribution is 6.71. The first kappa shape index (κ1) is 12.0. The van der Waals surface area contributed by atoms with Gasteiger partial charge in [-0.05, 0) is 6.42 Å². The van der Waals surface area contributed by atoms with Gasteiger partial charge in [-0.3, -0.25) is 4.79 Å². The van der Waals surface area contributed by atoms with Crippen molar-refractivity contribution in [1.82, 2.24) is 0 Å². The molecule has 0 aliphatic carbocycles. The summed E-state index contributed by atoms with van der Waals surface area (Å²) in [5.41, 5.74) is 0. The highest BCUT2D eigenvalue weighted by Gasteiger charge is 2.06. The van der Waals surface area contributed by atoms with Gasteiger partial charge in [-0.2, -0.15) is 0 Å². The molecule has 1 rings (SSSR count). The number of carbonyl (C=O) groups is 1. The monoisotopic (exact) mass is 221 g/mol. The Morgan fingerprint density at radius 1 is 1.33 bits per heavy atom. The summed E-state index contributed by atoms with van der Waals surface area (Å²) < 4.78 is 4.91. The second-order valence-electron chi connectivity index (χ2n) is 3.59. The van der Waals surface area contributed by atoms with Gasteiger partial charge in [0.1, 0.15) is 0 Å². The predicted molar refractivity (Wildman–Crippen MR) is 63.8 cm³/mol. The Balaban J connectivity index is 2.25. The van der Waals surface area contributed by atoms with Crippen LogP contribution in [0.15, 0.2) is 30.3 Å². The maximum Gasteiger partial charge on any atom is 0.302 e. The van der Waals surface area contributed by atoms with Crippen LogP contribution in [0.1, 0.15) is 13.3 Å². The van der Waals surface area contributed by atoms with Crippen LogP contribution in [0, 0.1) is 0 Å². The molecule has 15 heavy (non-hydrogen) atoms. The summed E-state index contributed by atoms with van der Waals surface area (Å²) >= 11 is 0. The molecule has 0 saturated carbocycles. The Hall–Kier alpha value is -1.09. The summed E-state index contributed by atoms with van der Waals surface area (Å²) in [6.07, 6.45) is 0.971. The maximum absolute atomic E-state index is 10.5. The Labute approximate surface area is 92.9 Å². The van der Waals surface area contributed by atoms with E-state index in [1.165, 1.54) is 12.1 Å². The summed E-state index contributed by atoms with van der Waals surface area (Å²) in [6, 6.07) is 11.7. The minimum atomic E-state index is -0.456. The van der Waals surface area contributed by atoms with Crippen LogP contribution in [0.3, 0.4) is 0 Å². The largest absolute Gasteiger partial charge is 0.466 e. The second kappa shape index (κ2) is 6.40. The van der Waals surface area contributed by atoms with Gasteiger partial charge in [0.15, 0.2) is 0 Å². The SMILES string of the molecule is CC(=O)OCCC[Si](C)c1ccccc1. The lowest BCUT2D eigenvalue weighted by Crippen LogP contribution is -2.26. The van der Waals surface area contributed by atoms with E-state index in [-0.39, 0.29) is 5.97 Å². The smallest absolute Gasteiger partial charge is 0.302 e. The van der Waals surface area contributed by atoms with Gasteiger partial charge in [0, 0.05) is 6.92 Å². The van der Waals surface area contributed by atoms with E-state index in [2.05, 4.69) is 30.8 Å². The second-order valence-corrected chi connectivity index (χ2v) is 6.23. The van der Waals surface area contributed by atoms with Crippen molar-refractivity contribution in [2.24, 2.45) is 0 Å². The summed E-state index contributed by atoms with van der Waals surface area (Å²) in [4.78, 5) is 10.5. The molecule has 0 aliphatic rings. The summed E-state index contributed by atoms with van der Waals surface area (Å²) in [5.74, 6) is -0.181. The summed E-state index contributed by atoms with van der Waals surface area (Å²) in [7, 11) is -0.456. The molecular formula is C12H17O2Si. The molecule has 1 aromatic rings. The van der Waals surface area contributed by atoms with E-state index in [0.717, 1.165) is 12.5 Å². The number of carbonyl (C=O) groups excluding carboxylic acids is 1. The van der Waals surface area contributed by atoms with Gasteiger partial charge in [-0.25, -0.2) is 0 Å². The standard InChI is InChI=1S/C12H17O2Si/c1-11(13)14-9-6-10-15(2)12-7-4-3-5-8-12/h3-5,7-8H,6,9-10H2,1-2H3. The first-order chi connectivity index (χ1) is 7.20. The number of hydrogen-bond donors (Lipinski definition) is 0. The molecule has 0 aromatic heterocycles. The Bertz CT molecular complexity index is 298. The molecule has 0 N–H and O–H groups in total. The molecule has 0 heterocycles. The van der Waals surface area contributed by atoms with Gasteiger partial charge in [0.05, 0.1) is 15.4 Å². The first-order valence-corrected chi connectivity index (χ1v) is 7.42. The van der Waals surface area contributed by atoms with Crippen LogP contribution in [-0.4, -0.2) is 21.4 Å². The lowest BCUT2D eigenvalue weighted by atomic mass is 10.4. The van der Waals surface area contributed by atoms with E-state index in [1.807, 2.05) is 6.07 Å². The third-order valence-electron chi connectivity index (χ3n) is 2.27. The first-order valence-electron chi connectivity index (χ1n) is 5.21. The molecule has 0 aliphatic heterocycles. The molecule has 0 spiro atoms. The van der Waals surface area contributed by atoms with Gasteiger partial charge in [-0.15, -0.1) is 0 Å². The van der Waals surface area contributed by atoms with Crippen LogP contribution >= 0.6 is 0 Å². The third-order valence-corrected chi connectivity index (χ3v) is 4.69. The van der Waals surface area contributed by atoms with Crippen molar-refractivity contribution >= 4 is 20.0 Å². The van der Waals surface area contributed by atoms with E-state index in [4.69, 9.17) is 4.74 Å². The Kier molecular flexibility index (Phi) is 5.11. The van der Waals surface area contributed by atoms with Gasteiger partial charge in [0.25, 0.3) is 0 Å². The van der Waals surface area contributed by atoms with Crippen molar-refractivity contribution in [3.05, 3.63) is 30.3 Å². The topological polar surface area (TPSA) is 26.3 Å². The van der Waals surface area contributed by atoms with Crippen molar-refractivity contribution in [1.29, 1.82) is 0 Å². The minimum absolute atomic E-state index is 0.181. The van der Waals surface area contributed by atoms with Gasteiger partial charge < -0.3 is 4.74 Å².